The molecular formula is C20H31N5S. The van der Waals surface area contributed by atoms with Crippen LogP contribution in [0.25, 0.3) is 0 Å². The third-order valence-electron chi connectivity index (χ3n) is 4.48. The predicted octanol–water partition coefficient (Wildman–Crippen LogP) is 3.50. The fourth-order valence-electron chi connectivity index (χ4n) is 2.93. The summed E-state index contributed by atoms with van der Waals surface area (Å²) in [5.74, 6) is 0.883. The van der Waals surface area contributed by atoms with Gasteiger partial charge in [0.2, 0.25) is 0 Å². The van der Waals surface area contributed by atoms with Crippen molar-refractivity contribution in [2.45, 2.75) is 40.4 Å². The van der Waals surface area contributed by atoms with Crippen LogP contribution in [0.3, 0.4) is 0 Å². The first kappa shape index (κ1) is 20.4. The van der Waals surface area contributed by atoms with Crippen LogP contribution in [-0.2, 0) is 19.6 Å². The highest BCUT2D eigenvalue weighted by atomic mass is 32.1. The molecule has 0 aliphatic carbocycles. The quantitative estimate of drug-likeness (QED) is 0.568. The van der Waals surface area contributed by atoms with E-state index in [1.165, 1.54) is 11.1 Å². The molecule has 1 aromatic carbocycles. The largest absolute Gasteiger partial charge is 0.352 e. The van der Waals surface area contributed by atoms with Crippen LogP contribution >= 0.6 is 11.3 Å². The summed E-state index contributed by atoms with van der Waals surface area (Å²) in [4.78, 5) is 13.5. The topological polar surface area (TPSA) is 43.8 Å². The Morgan fingerprint density at radius 1 is 1.15 bits per heavy atom. The van der Waals surface area contributed by atoms with Gasteiger partial charge in [-0.2, -0.15) is 0 Å². The minimum atomic E-state index is 0.755. The molecule has 1 N–H and O–H groups in total. The molecule has 1 aromatic heterocycles. The molecule has 0 spiro atoms. The Bertz CT molecular complexity index is 706. The van der Waals surface area contributed by atoms with Crippen LogP contribution < -0.4 is 5.32 Å². The maximum Gasteiger partial charge on any atom is 0.194 e. The fourth-order valence-corrected chi connectivity index (χ4v) is 3.53. The van der Waals surface area contributed by atoms with E-state index in [0.717, 1.165) is 49.4 Å². The van der Waals surface area contributed by atoms with Crippen molar-refractivity contribution >= 4 is 17.3 Å². The maximum absolute atomic E-state index is 4.54. The van der Waals surface area contributed by atoms with Gasteiger partial charge >= 0.3 is 0 Å². The highest BCUT2D eigenvalue weighted by molar-refractivity contribution is 7.09. The first-order valence-electron chi connectivity index (χ1n) is 9.19. The van der Waals surface area contributed by atoms with Crippen molar-refractivity contribution in [3.63, 3.8) is 0 Å². The number of aromatic nitrogens is 1. The lowest BCUT2D eigenvalue weighted by molar-refractivity contribution is 0.295. The number of hydrogen-bond acceptors (Lipinski definition) is 4. The SMILES string of the molecule is CCN(CC)Cc1ccccc1CNC(=NC)N(C)Cc1csc(C)n1. The summed E-state index contributed by atoms with van der Waals surface area (Å²) in [6.07, 6.45) is 0. The molecule has 2 aromatic rings. The van der Waals surface area contributed by atoms with E-state index in [0.29, 0.717) is 0 Å². The molecule has 6 heteroatoms. The van der Waals surface area contributed by atoms with Gasteiger partial charge in [0.15, 0.2) is 5.96 Å². The van der Waals surface area contributed by atoms with Crippen LogP contribution in [0.15, 0.2) is 34.6 Å². The molecule has 0 fully saturated rings. The lowest BCUT2D eigenvalue weighted by Gasteiger charge is -2.23. The Kier molecular flexibility index (Phi) is 8.06. The number of benzene rings is 1. The van der Waals surface area contributed by atoms with Gasteiger partial charge in [-0.05, 0) is 31.1 Å². The molecule has 2 rings (SSSR count). The number of nitrogens with one attached hydrogen (secondary N) is 1. The number of aryl methyl sites for hydroxylation is 1. The normalized spacial score (nSPS) is 11.8. The zero-order chi connectivity index (χ0) is 18.9. The second-order valence-corrected chi connectivity index (χ2v) is 7.41. The number of hydrogen-bond donors (Lipinski definition) is 1. The predicted molar refractivity (Wildman–Crippen MR) is 112 cm³/mol. The third kappa shape index (κ3) is 5.81. The smallest absolute Gasteiger partial charge is 0.194 e. The van der Waals surface area contributed by atoms with Crippen LogP contribution in [-0.4, -0.2) is 47.9 Å². The van der Waals surface area contributed by atoms with Crippen molar-refractivity contribution in [3.8, 4) is 0 Å². The molecule has 0 atom stereocenters. The van der Waals surface area contributed by atoms with Crippen molar-refractivity contribution in [2.75, 3.05) is 27.2 Å². The summed E-state index contributed by atoms with van der Waals surface area (Å²) in [5, 5.41) is 6.70. The molecule has 1 heterocycles. The van der Waals surface area contributed by atoms with Crippen molar-refractivity contribution in [1.82, 2.24) is 20.1 Å². The van der Waals surface area contributed by atoms with Crippen LogP contribution in [0.1, 0.15) is 35.7 Å². The summed E-state index contributed by atoms with van der Waals surface area (Å²) in [7, 11) is 3.87. The van der Waals surface area contributed by atoms with Crippen molar-refractivity contribution < 1.29 is 0 Å². The summed E-state index contributed by atoms with van der Waals surface area (Å²) >= 11 is 1.69. The lowest BCUT2D eigenvalue weighted by Crippen LogP contribution is -2.38. The van der Waals surface area contributed by atoms with Gasteiger partial charge in [0.1, 0.15) is 0 Å². The maximum atomic E-state index is 4.54. The minimum absolute atomic E-state index is 0.755. The molecule has 0 aliphatic rings. The molecule has 0 saturated heterocycles. The number of thiazole rings is 1. The average molecular weight is 374 g/mol. The van der Waals surface area contributed by atoms with E-state index in [-0.39, 0.29) is 0 Å². The fraction of sp³-hybridized carbons (Fsp3) is 0.500. The van der Waals surface area contributed by atoms with Crippen LogP contribution in [0.5, 0.6) is 0 Å². The van der Waals surface area contributed by atoms with E-state index >= 15 is 0 Å². The van der Waals surface area contributed by atoms with E-state index in [1.807, 2.05) is 21.0 Å². The highest BCUT2D eigenvalue weighted by Gasteiger charge is 2.10. The molecule has 142 valence electrons. The highest BCUT2D eigenvalue weighted by Crippen LogP contribution is 2.13. The molecule has 0 saturated carbocycles. The van der Waals surface area contributed by atoms with Gasteiger partial charge in [-0.25, -0.2) is 4.98 Å². The molecule has 0 radical (unpaired) electrons. The summed E-state index contributed by atoms with van der Waals surface area (Å²) in [6, 6.07) is 8.64. The molecule has 0 aliphatic heterocycles. The van der Waals surface area contributed by atoms with Crippen LogP contribution in [0, 0.1) is 6.92 Å². The van der Waals surface area contributed by atoms with Gasteiger partial charge in [-0.1, -0.05) is 38.1 Å². The van der Waals surface area contributed by atoms with Crippen molar-refractivity contribution in [2.24, 2.45) is 4.99 Å². The van der Waals surface area contributed by atoms with Gasteiger partial charge in [-0.3, -0.25) is 9.89 Å². The van der Waals surface area contributed by atoms with Gasteiger partial charge in [0, 0.05) is 32.6 Å². The zero-order valence-electron chi connectivity index (χ0n) is 16.6. The van der Waals surface area contributed by atoms with Gasteiger partial charge in [0.05, 0.1) is 17.2 Å². The number of aliphatic imine (C=N–C) groups is 1. The molecule has 0 unspecified atom stereocenters. The number of rotatable bonds is 8. The Morgan fingerprint density at radius 3 is 2.42 bits per heavy atom. The van der Waals surface area contributed by atoms with E-state index in [1.54, 1.807) is 11.3 Å². The molecule has 0 amide bonds. The Labute approximate surface area is 161 Å². The van der Waals surface area contributed by atoms with E-state index in [2.05, 4.69) is 68.6 Å². The standard InChI is InChI=1S/C20H31N5S/c1-6-25(7-2)13-18-11-9-8-10-17(18)12-22-20(21-4)24(5)14-19-15-26-16(3)23-19/h8-11,15H,6-7,12-14H2,1-5H3,(H,21,22). The van der Waals surface area contributed by atoms with Crippen molar-refractivity contribution in [1.29, 1.82) is 0 Å². The van der Waals surface area contributed by atoms with Gasteiger partial charge in [0.25, 0.3) is 0 Å². The first-order chi connectivity index (χ1) is 12.6. The Morgan fingerprint density at radius 2 is 1.85 bits per heavy atom. The molecule has 0 bridgehead atoms. The average Bonchev–Trinajstić information content (AvgIpc) is 3.05. The molecule has 26 heavy (non-hydrogen) atoms. The monoisotopic (exact) mass is 373 g/mol. The zero-order valence-corrected chi connectivity index (χ0v) is 17.4. The van der Waals surface area contributed by atoms with Gasteiger partial charge in [-0.15, -0.1) is 11.3 Å². The van der Waals surface area contributed by atoms with Crippen LogP contribution in [0.2, 0.25) is 0 Å². The van der Waals surface area contributed by atoms with Crippen LogP contribution in [0.4, 0.5) is 0 Å². The van der Waals surface area contributed by atoms with E-state index in [9.17, 15) is 0 Å². The summed E-state index contributed by atoms with van der Waals surface area (Å²) < 4.78 is 0. The molecular weight excluding hydrogens is 342 g/mol. The summed E-state index contributed by atoms with van der Waals surface area (Å²) in [6.45, 7) is 11.1. The van der Waals surface area contributed by atoms with E-state index < -0.39 is 0 Å². The van der Waals surface area contributed by atoms with Crippen molar-refractivity contribution in [3.05, 3.63) is 51.5 Å². The van der Waals surface area contributed by atoms with E-state index in [4.69, 9.17) is 0 Å². The van der Waals surface area contributed by atoms with Gasteiger partial charge < -0.3 is 10.2 Å². The Hall–Kier alpha value is -1.92. The second-order valence-electron chi connectivity index (χ2n) is 6.34. The minimum Gasteiger partial charge on any atom is -0.352 e. The summed E-state index contributed by atoms with van der Waals surface area (Å²) in [5.41, 5.74) is 3.77. The number of nitrogens with zero attached hydrogens (tertiary/aromatic N) is 4. The third-order valence-corrected chi connectivity index (χ3v) is 5.31. The Balaban J connectivity index is 1.99. The molecule has 5 nitrogen and oxygen atoms in total. The lowest BCUT2D eigenvalue weighted by atomic mass is 10.1. The number of guanidine groups is 1. The first-order valence-corrected chi connectivity index (χ1v) is 10.1. The second kappa shape index (κ2) is 10.3.